The first-order valence-corrected chi connectivity index (χ1v) is 7.94. The number of nitrogens with zero attached hydrogens (tertiary/aromatic N) is 2. The second kappa shape index (κ2) is 6.87. The number of rotatable bonds is 5. The number of carbonyl (C=O) groups excluding carboxylic acids is 1. The zero-order chi connectivity index (χ0) is 18.8. The molecule has 1 aliphatic heterocycles. The van der Waals surface area contributed by atoms with Gasteiger partial charge in [-0.2, -0.15) is 0 Å². The van der Waals surface area contributed by atoms with E-state index in [9.17, 15) is 4.79 Å². The van der Waals surface area contributed by atoms with Gasteiger partial charge in [-0.3, -0.25) is 10.1 Å². The largest absolute Gasteiger partial charge is 0.497 e. The molecule has 2 aromatic carbocycles. The minimum absolute atomic E-state index is 0.0329. The maximum Gasteiger partial charge on any atom is 0.322 e. The van der Waals surface area contributed by atoms with Gasteiger partial charge in [-0.25, -0.2) is 0 Å². The summed E-state index contributed by atoms with van der Waals surface area (Å²) in [6.07, 6.45) is 0. The number of aromatic nitrogens is 2. The lowest BCUT2D eigenvalue weighted by molar-refractivity contribution is 0.102. The fourth-order valence-corrected chi connectivity index (χ4v) is 2.53. The number of anilines is 1. The molecule has 0 fully saturated rings. The van der Waals surface area contributed by atoms with Crippen LogP contribution in [-0.2, 0) is 0 Å². The zero-order valence-electron chi connectivity index (χ0n) is 14.5. The Balaban J connectivity index is 1.54. The van der Waals surface area contributed by atoms with Crippen molar-refractivity contribution in [2.24, 2.45) is 0 Å². The number of nitrogens with one attached hydrogen (secondary N) is 1. The SMILES string of the molecule is COc1cc(OC)cc(-c2nnc(NC(=O)c3ccc4c(c3)OCO4)o2)c1. The predicted molar refractivity (Wildman–Crippen MR) is 93.4 cm³/mol. The van der Waals surface area contributed by atoms with Crippen LogP contribution < -0.4 is 24.3 Å². The van der Waals surface area contributed by atoms with Crippen LogP contribution in [0.1, 0.15) is 10.4 Å². The van der Waals surface area contributed by atoms with Crippen molar-refractivity contribution in [3.63, 3.8) is 0 Å². The molecule has 0 unspecified atom stereocenters. The second-order valence-corrected chi connectivity index (χ2v) is 5.54. The van der Waals surface area contributed by atoms with E-state index in [2.05, 4.69) is 15.5 Å². The van der Waals surface area contributed by atoms with Crippen LogP contribution in [0, 0.1) is 0 Å². The van der Waals surface area contributed by atoms with Crippen LogP contribution in [0.5, 0.6) is 23.0 Å². The van der Waals surface area contributed by atoms with E-state index < -0.39 is 5.91 Å². The van der Waals surface area contributed by atoms with Crippen molar-refractivity contribution in [2.45, 2.75) is 0 Å². The van der Waals surface area contributed by atoms with Crippen LogP contribution in [0.4, 0.5) is 6.01 Å². The predicted octanol–water partition coefficient (Wildman–Crippen LogP) is 2.73. The summed E-state index contributed by atoms with van der Waals surface area (Å²) in [4.78, 5) is 12.4. The molecule has 0 radical (unpaired) electrons. The van der Waals surface area contributed by atoms with Crippen molar-refractivity contribution in [2.75, 3.05) is 26.3 Å². The monoisotopic (exact) mass is 369 g/mol. The first kappa shape index (κ1) is 16.7. The van der Waals surface area contributed by atoms with E-state index in [-0.39, 0.29) is 18.7 Å². The molecule has 1 N–H and O–H groups in total. The summed E-state index contributed by atoms with van der Waals surface area (Å²) in [6.45, 7) is 0.136. The Morgan fingerprint density at radius 2 is 1.74 bits per heavy atom. The highest BCUT2D eigenvalue weighted by Crippen LogP contribution is 2.33. The van der Waals surface area contributed by atoms with Gasteiger partial charge < -0.3 is 23.4 Å². The van der Waals surface area contributed by atoms with E-state index in [1.807, 2.05) is 0 Å². The summed E-state index contributed by atoms with van der Waals surface area (Å²) in [6, 6.07) is 10.0. The Morgan fingerprint density at radius 1 is 1.00 bits per heavy atom. The summed E-state index contributed by atoms with van der Waals surface area (Å²) in [5.74, 6) is 2.07. The van der Waals surface area contributed by atoms with Crippen molar-refractivity contribution >= 4 is 11.9 Å². The number of fused-ring (bicyclic) bond motifs is 1. The van der Waals surface area contributed by atoms with Crippen molar-refractivity contribution in [1.29, 1.82) is 0 Å². The second-order valence-electron chi connectivity index (χ2n) is 5.54. The molecule has 1 aliphatic rings. The van der Waals surface area contributed by atoms with E-state index in [1.54, 1.807) is 50.6 Å². The Morgan fingerprint density at radius 3 is 2.48 bits per heavy atom. The number of amides is 1. The van der Waals surface area contributed by atoms with Crippen molar-refractivity contribution < 1.29 is 28.2 Å². The van der Waals surface area contributed by atoms with Gasteiger partial charge in [-0.15, -0.1) is 5.10 Å². The first-order valence-electron chi connectivity index (χ1n) is 7.94. The normalized spacial score (nSPS) is 11.9. The molecule has 0 saturated carbocycles. The van der Waals surface area contributed by atoms with Gasteiger partial charge in [0.05, 0.1) is 14.2 Å². The molecule has 9 heteroatoms. The van der Waals surface area contributed by atoms with E-state index in [4.69, 9.17) is 23.4 Å². The van der Waals surface area contributed by atoms with Gasteiger partial charge in [0.2, 0.25) is 12.7 Å². The Hall–Kier alpha value is -3.75. The van der Waals surface area contributed by atoms with Crippen molar-refractivity contribution in [3.8, 4) is 34.5 Å². The lowest BCUT2D eigenvalue weighted by atomic mass is 10.2. The molecule has 0 atom stereocenters. The van der Waals surface area contributed by atoms with Crippen LogP contribution in [0.3, 0.4) is 0 Å². The quantitative estimate of drug-likeness (QED) is 0.732. The summed E-state index contributed by atoms with van der Waals surface area (Å²) in [7, 11) is 3.09. The topological polar surface area (TPSA) is 105 Å². The maximum atomic E-state index is 12.4. The molecular formula is C18H15N3O6. The van der Waals surface area contributed by atoms with E-state index >= 15 is 0 Å². The average molecular weight is 369 g/mol. The van der Waals surface area contributed by atoms with Gasteiger partial charge in [0.25, 0.3) is 5.91 Å². The van der Waals surface area contributed by atoms with Crippen molar-refractivity contribution in [1.82, 2.24) is 10.2 Å². The number of carbonyl (C=O) groups is 1. The summed E-state index contributed by atoms with van der Waals surface area (Å²) in [5.41, 5.74) is 0.976. The number of methoxy groups -OCH3 is 2. The highest BCUT2D eigenvalue weighted by atomic mass is 16.7. The number of hydrogen-bond acceptors (Lipinski definition) is 8. The van der Waals surface area contributed by atoms with Gasteiger partial charge >= 0.3 is 6.01 Å². The minimum atomic E-state index is -0.410. The summed E-state index contributed by atoms with van der Waals surface area (Å²) in [5, 5.41) is 10.4. The van der Waals surface area contributed by atoms with Gasteiger partial charge in [0, 0.05) is 17.2 Å². The number of ether oxygens (including phenoxy) is 4. The first-order chi connectivity index (χ1) is 13.2. The molecule has 27 heavy (non-hydrogen) atoms. The molecule has 1 aromatic heterocycles. The van der Waals surface area contributed by atoms with E-state index in [0.717, 1.165) is 0 Å². The Kier molecular flexibility index (Phi) is 4.25. The highest BCUT2D eigenvalue weighted by molar-refractivity contribution is 6.03. The van der Waals surface area contributed by atoms with Crippen molar-refractivity contribution in [3.05, 3.63) is 42.0 Å². The fourth-order valence-electron chi connectivity index (χ4n) is 2.53. The molecule has 3 aromatic rings. The molecule has 1 amide bonds. The van der Waals surface area contributed by atoms with Crippen LogP contribution in [-0.4, -0.2) is 37.1 Å². The smallest absolute Gasteiger partial charge is 0.322 e. The lowest BCUT2D eigenvalue weighted by Gasteiger charge is -2.05. The van der Waals surface area contributed by atoms with Gasteiger partial charge in [0.1, 0.15) is 11.5 Å². The Bertz CT molecular complexity index is 978. The molecule has 4 rings (SSSR count). The molecule has 0 saturated heterocycles. The van der Waals surface area contributed by atoms with Crippen LogP contribution in [0.2, 0.25) is 0 Å². The van der Waals surface area contributed by atoms with Crippen LogP contribution in [0.25, 0.3) is 11.5 Å². The molecule has 0 bridgehead atoms. The summed E-state index contributed by atoms with van der Waals surface area (Å²) < 4.78 is 26.5. The van der Waals surface area contributed by atoms with E-state index in [0.29, 0.717) is 34.1 Å². The van der Waals surface area contributed by atoms with Crippen LogP contribution >= 0.6 is 0 Å². The minimum Gasteiger partial charge on any atom is -0.497 e. The fraction of sp³-hybridized carbons (Fsp3) is 0.167. The number of benzene rings is 2. The molecular weight excluding hydrogens is 354 g/mol. The van der Waals surface area contributed by atoms with Gasteiger partial charge in [0.15, 0.2) is 11.5 Å². The average Bonchev–Trinajstić information content (AvgIpc) is 3.36. The molecule has 0 spiro atoms. The molecule has 9 nitrogen and oxygen atoms in total. The maximum absolute atomic E-state index is 12.4. The van der Waals surface area contributed by atoms with Gasteiger partial charge in [-0.1, -0.05) is 5.10 Å². The molecule has 2 heterocycles. The highest BCUT2D eigenvalue weighted by Gasteiger charge is 2.18. The number of hydrogen-bond donors (Lipinski definition) is 1. The molecule has 0 aliphatic carbocycles. The third-order valence-electron chi connectivity index (χ3n) is 3.88. The Labute approximate surface area is 153 Å². The molecule has 138 valence electrons. The van der Waals surface area contributed by atoms with Gasteiger partial charge in [-0.05, 0) is 30.3 Å². The third kappa shape index (κ3) is 3.34. The zero-order valence-corrected chi connectivity index (χ0v) is 14.5. The standard InChI is InChI=1S/C18H15N3O6/c1-23-12-5-11(6-13(8-12)24-2)17-20-21-18(27-17)19-16(22)10-3-4-14-15(7-10)26-9-25-14/h3-8H,9H2,1-2H3,(H,19,21,22). The lowest BCUT2D eigenvalue weighted by Crippen LogP contribution is -2.12. The third-order valence-corrected chi connectivity index (χ3v) is 3.88. The van der Waals surface area contributed by atoms with E-state index in [1.165, 1.54) is 0 Å². The summed E-state index contributed by atoms with van der Waals surface area (Å²) >= 11 is 0. The van der Waals surface area contributed by atoms with Crippen LogP contribution in [0.15, 0.2) is 40.8 Å².